The minimum atomic E-state index is 0.461. The van der Waals surface area contributed by atoms with Crippen molar-refractivity contribution in [3.63, 3.8) is 0 Å². The van der Waals surface area contributed by atoms with Gasteiger partial charge in [0.05, 0.1) is 12.2 Å². The highest BCUT2D eigenvalue weighted by atomic mass is 16.5. The molecule has 4 heterocycles. The van der Waals surface area contributed by atoms with E-state index >= 15 is 0 Å². The molecule has 1 aromatic rings. The Bertz CT molecular complexity index is 277. The van der Waals surface area contributed by atoms with Crippen molar-refractivity contribution in [2.45, 2.75) is 25.3 Å². The van der Waals surface area contributed by atoms with Crippen molar-refractivity contribution >= 4 is 0 Å². The summed E-state index contributed by atoms with van der Waals surface area (Å²) >= 11 is 0. The van der Waals surface area contributed by atoms with Crippen LogP contribution in [0.4, 0.5) is 0 Å². The number of fused-ring (bicyclic) bond motifs is 3. The van der Waals surface area contributed by atoms with Crippen molar-refractivity contribution in [3.05, 3.63) is 12.0 Å². The monoisotopic (exact) mass is 179 g/mol. The summed E-state index contributed by atoms with van der Waals surface area (Å²) in [7, 11) is 0. The van der Waals surface area contributed by atoms with Gasteiger partial charge >= 0.3 is 0 Å². The minimum absolute atomic E-state index is 0.461. The second-order valence-corrected chi connectivity index (χ2v) is 4.05. The lowest BCUT2D eigenvalue weighted by molar-refractivity contribution is 0.0344. The molecule has 4 rings (SSSR count). The van der Waals surface area contributed by atoms with Gasteiger partial charge in [0.1, 0.15) is 0 Å². The van der Waals surface area contributed by atoms with Gasteiger partial charge in [-0.2, -0.15) is 0 Å². The van der Waals surface area contributed by atoms with Crippen molar-refractivity contribution in [2.75, 3.05) is 13.1 Å². The lowest BCUT2D eigenvalue weighted by Gasteiger charge is -2.44. The van der Waals surface area contributed by atoms with Crippen molar-refractivity contribution in [2.24, 2.45) is 5.92 Å². The van der Waals surface area contributed by atoms with Crippen molar-refractivity contribution in [1.82, 2.24) is 15.3 Å². The van der Waals surface area contributed by atoms with E-state index in [2.05, 4.69) is 15.3 Å². The third-order valence-corrected chi connectivity index (χ3v) is 3.35. The summed E-state index contributed by atoms with van der Waals surface area (Å²) in [5.41, 5.74) is 0. The SMILES string of the molecule is c1nnoc1C1CC2CCN1CC2. The number of nitrogens with zero attached hydrogens (tertiary/aromatic N) is 3. The molecule has 0 saturated carbocycles. The molecular formula is C9H13N3O. The highest BCUT2D eigenvalue weighted by Crippen LogP contribution is 2.39. The Balaban J connectivity index is 1.85. The summed E-state index contributed by atoms with van der Waals surface area (Å²) in [6.07, 6.45) is 5.71. The molecule has 3 aliphatic rings. The van der Waals surface area contributed by atoms with Crippen LogP contribution < -0.4 is 0 Å². The minimum Gasteiger partial charge on any atom is -0.340 e. The van der Waals surface area contributed by atoms with E-state index < -0.39 is 0 Å². The van der Waals surface area contributed by atoms with Crippen LogP contribution in [0.5, 0.6) is 0 Å². The first kappa shape index (κ1) is 7.50. The fourth-order valence-electron chi connectivity index (χ4n) is 2.58. The average molecular weight is 179 g/mol. The van der Waals surface area contributed by atoms with Gasteiger partial charge in [-0.3, -0.25) is 4.90 Å². The second kappa shape index (κ2) is 2.80. The largest absolute Gasteiger partial charge is 0.340 e. The van der Waals surface area contributed by atoms with Gasteiger partial charge in [0, 0.05) is 5.27 Å². The molecule has 0 radical (unpaired) electrons. The normalized spacial score (nSPS) is 38.0. The van der Waals surface area contributed by atoms with Gasteiger partial charge in [0.2, 0.25) is 0 Å². The zero-order valence-electron chi connectivity index (χ0n) is 7.52. The topological polar surface area (TPSA) is 42.2 Å². The Labute approximate surface area is 76.9 Å². The fraction of sp³-hybridized carbons (Fsp3) is 0.778. The smallest absolute Gasteiger partial charge is 0.174 e. The zero-order valence-corrected chi connectivity index (χ0v) is 7.52. The first-order valence-electron chi connectivity index (χ1n) is 4.95. The molecular weight excluding hydrogens is 166 g/mol. The molecule has 0 N–H and O–H groups in total. The summed E-state index contributed by atoms with van der Waals surface area (Å²) in [5.74, 6) is 1.85. The summed E-state index contributed by atoms with van der Waals surface area (Å²) < 4.78 is 5.12. The molecule has 0 spiro atoms. The number of hydrogen-bond donors (Lipinski definition) is 0. The van der Waals surface area contributed by atoms with Gasteiger partial charge in [0.15, 0.2) is 5.76 Å². The second-order valence-electron chi connectivity index (χ2n) is 4.05. The number of hydrogen-bond acceptors (Lipinski definition) is 4. The fourth-order valence-corrected chi connectivity index (χ4v) is 2.58. The molecule has 70 valence electrons. The highest BCUT2D eigenvalue weighted by molar-refractivity contribution is 5.01. The highest BCUT2D eigenvalue weighted by Gasteiger charge is 2.36. The van der Waals surface area contributed by atoms with Crippen LogP contribution in [0, 0.1) is 5.92 Å². The quantitative estimate of drug-likeness (QED) is 0.650. The van der Waals surface area contributed by atoms with Crippen molar-refractivity contribution in [1.29, 1.82) is 0 Å². The molecule has 4 heteroatoms. The van der Waals surface area contributed by atoms with Gasteiger partial charge in [-0.05, 0) is 38.3 Å². The maximum Gasteiger partial charge on any atom is 0.174 e. The maximum atomic E-state index is 5.12. The first-order valence-corrected chi connectivity index (χ1v) is 4.95. The van der Waals surface area contributed by atoms with E-state index in [1.165, 1.54) is 32.4 Å². The van der Waals surface area contributed by atoms with Crippen LogP contribution in [-0.4, -0.2) is 28.4 Å². The van der Waals surface area contributed by atoms with Crippen LogP contribution in [0.15, 0.2) is 10.7 Å². The van der Waals surface area contributed by atoms with Crippen LogP contribution in [0.2, 0.25) is 0 Å². The summed E-state index contributed by atoms with van der Waals surface area (Å²) in [6.45, 7) is 2.44. The van der Waals surface area contributed by atoms with Crippen LogP contribution in [0.1, 0.15) is 31.1 Å². The molecule has 3 saturated heterocycles. The predicted octanol–water partition coefficient (Wildman–Crippen LogP) is 1.23. The van der Waals surface area contributed by atoms with E-state index in [4.69, 9.17) is 4.52 Å². The molecule has 2 bridgehead atoms. The van der Waals surface area contributed by atoms with E-state index in [9.17, 15) is 0 Å². The average Bonchev–Trinajstić information content (AvgIpc) is 2.72. The van der Waals surface area contributed by atoms with Crippen LogP contribution in [-0.2, 0) is 0 Å². The van der Waals surface area contributed by atoms with Crippen molar-refractivity contribution < 1.29 is 4.52 Å². The summed E-state index contributed by atoms with van der Waals surface area (Å²) in [4.78, 5) is 2.49. The van der Waals surface area contributed by atoms with Crippen LogP contribution >= 0.6 is 0 Å². The molecule has 13 heavy (non-hydrogen) atoms. The first-order chi connectivity index (χ1) is 6.43. The van der Waals surface area contributed by atoms with E-state index in [1.807, 2.05) is 0 Å². The van der Waals surface area contributed by atoms with Gasteiger partial charge in [0.25, 0.3) is 0 Å². The Kier molecular flexibility index (Phi) is 1.62. The molecule has 4 nitrogen and oxygen atoms in total. The van der Waals surface area contributed by atoms with Gasteiger partial charge < -0.3 is 4.52 Å². The lowest BCUT2D eigenvalue weighted by atomic mass is 9.83. The Morgan fingerprint density at radius 1 is 1.38 bits per heavy atom. The van der Waals surface area contributed by atoms with E-state index in [-0.39, 0.29) is 0 Å². The predicted molar refractivity (Wildman–Crippen MR) is 46.0 cm³/mol. The van der Waals surface area contributed by atoms with E-state index in [0.717, 1.165) is 11.7 Å². The third kappa shape index (κ3) is 1.16. The molecule has 0 amide bonds. The molecule has 0 aliphatic carbocycles. The van der Waals surface area contributed by atoms with Gasteiger partial charge in [-0.15, -0.1) is 5.10 Å². The molecule has 1 unspecified atom stereocenters. The maximum absolute atomic E-state index is 5.12. The van der Waals surface area contributed by atoms with Crippen LogP contribution in [0.25, 0.3) is 0 Å². The van der Waals surface area contributed by atoms with Gasteiger partial charge in [-0.1, -0.05) is 0 Å². The van der Waals surface area contributed by atoms with Gasteiger partial charge in [-0.25, -0.2) is 0 Å². The van der Waals surface area contributed by atoms with Crippen LogP contribution in [0.3, 0.4) is 0 Å². The Hall–Kier alpha value is -0.900. The van der Waals surface area contributed by atoms with E-state index in [0.29, 0.717) is 6.04 Å². The summed E-state index contributed by atoms with van der Waals surface area (Å²) in [5, 5.41) is 7.27. The lowest BCUT2D eigenvalue weighted by Crippen LogP contribution is -2.43. The third-order valence-electron chi connectivity index (χ3n) is 3.35. The van der Waals surface area contributed by atoms with E-state index in [1.54, 1.807) is 6.20 Å². The number of piperidine rings is 3. The van der Waals surface area contributed by atoms with Crippen molar-refractivity contribution in [3.8, 4) is 0 Å². The number of rotatable bonds is 1. The Morgan fingerprint density at radius 2 is 2.23 bits per heavy atom. The number of aromatic nitrogens is 2. The summed E-state index contributed by atoms with van der Waals surface area (Å²) in [6, 6.07) is 0.461. The molecule has 1 aromatic heterocycles. The zero-order chi connectivity index (χ0) is 8.67. The molecule has 1 atom stereocenters. The molecule has 3 aliphatic heterocycles. The molecule has 0 aromatic carbocycles. The molecule has 3 fully saturated rings. The standard InChI is InChI=1S/C9H13N3O/c1-3-12-4-2-7(1)5-8(12)9-6-10-11-13-9/h6-8H,1-5H2. The Morgan fingerprint density at radius 3 is 2.77 bits per heavy atom.